The van der Waals surface area contributed by atoms with E-state index >= 15 is 4.39 Å². The van der Waals surface area contributed by atoms with Crippen molar-refractivity contribution in [2.45, 2.75) is 31.8 Å². The zero-order valence-corrected chi connectivity index (χ0v) is 24.8. The van der Waals surface area contributed by atoms with Gasteiger partial charge in [0.1, 0.15) is 12.6 Å². The Balaban J connectivity index is 0.00000226. The van der Waals surface area contributed by atoms with Gasteiger partial charge in [0.25, 0.3) is 0 Å². The maximum absolute atomic E-state index is 15.6. The molecule has 0 saturated carbocycles. The van der Waals surface area contributed by atoms with Crippen LogP contribution in [0.1, 0.15) is 46.8 Å². The van der Waals surface area contributed by atoms with Crippen LogP contribution in [0, 0.1) is 11.7 Å². The number of nitrogens with zero attached hydrogens (tertiary/aromatic N) is 1. The topological polar surface area (TPSA) is 87.7 Å². The van der Waals surface area contributed by atoms with Crippen molar-refractivity contribution in [3.05, 3.63) is 98.8 Å². The molecule has 1 amide bonds. The Kier molecular flexibility index (Phi) is 11.4. The number of methoxy groups -OCH3 is 1. The van der Waals surface area contributed by atoms with Crippen molar-refractivity contribution >= 4 is 48.1 Å². The summed E-state index contributed by atoms with van der Waals surface area (Å²) >= 11 is 12.5. The summed E-state index contributed by atoms with van der Waals surface area (Å²) in [4.78, 5) is 33.5. The first kappa shape index (κ1) is 32.2. The van der Waals surface area contributed by atoms with E-state index in [1.54, 1.807) is 42.5 Å². The molecule has 0 aromatic heterocycles. The van der Waals surface area contributed by atoms with Crippen LogP contribution in [0.5, 0.6) is 0 Å². The fourth-order valence-electron chi connectivity index (χ4n) is 5.71. The van der Waals surface area contributed by atoms with Crippen LogP contribution < -0.4 is 10.6 Å². The second kappa shape index (κ2) is 14.5. The van der Waals surface area contributed by atoms with Gasteiger partial charge in [-0.2, -0.15) is 0 Å². The molecule has 2 N–H and O–H groups in total. The normalized spacial score (nSPS) is 19.8. The number of anilines is 1. The summed E-state index contributed by atoms with van der Waals surface area (Å²) in [5.74, 6) is -1.11. The summed E-state index contributed by atoms with van der Waals surface area (Å²) in [5.41, 5.74) is 2.72. The van der Waals surface area contributed by atoms with Gasteiger partial charge in [-0.3, -0.25) is 9.69 Å². The maximum atomic E-state index is 15.6. The van der Waals surface area contributed by atoms with Crippen LogP contribution >= 0.6 is 23.2 Å². The molecule has 0 radical (unpaired) electrons. The number of benzene rings is 3. The standard InChI is InChI=1S/C30H32Cl2FN3O3.CH2O/c1-4-36(16-19-8-10-20(11-9-19)29(38)39-3)17-21-15-35-30(2,24-13-12-22(31)14-26(24)34-18-37)27(21)23-6-5-7-25(32)28(23)33;1-2/h5-14,18,21,27,35H,4,15-17H2,1-3H3,(H,34,37);1H2/t21-,27?,30+;/m0./s1. The first-order valence-electron chi connectivity index (χ1n) is 13.1. The molecule has 1 unspecified atom stereocenters. The maximum Gasteiger partial charge on any atom is 0.337 e. The fourth-order valence-corrected chi connectivity index (χ4v) is 6.07. The molecule has 7 nitrogen and oxygen atoms in total. The number of amides is 1. The van der Waals surface area contributed by atoms with E-state index in [-0.39, 0.29) is 22.8 Å². The Morgan fingerprint density at radius 1 is 1.20 bits per heavy atom. The van der Waals surface area contributed by atoms with Gasteiger partial charge in [-0.1, -0.05) is 60.5 Å². The largest absolute Gasteiger partial charge is 0.465 e. The summed E-state index contributed by atoms with van der Waals surface area (Å²) in [7, 11) is 1.36. The zero-order chi connectivity index (χ0) is 30.2. The second-order valence-corrected chi connectivity index (χ2v) is 10.8. The molecule has 1 saturated heterocycles. The Labute approximate surface area is 250 Å². The minimum atomic E-state index is -0.728. The van der Waals surface area contributed by atoms with Crippen LogP contribution in [0.2, 0.25) is 10.0 Å². The van der Waals surface area contributed by atoms with E-state index in [9.17, 15) is 9.59 Å². The third-order valence-corrected chi connectivity index (χ3v) is 8.15. The first-order chi connectivity index (χ1) is 19.7. The van der Waals surface area contributed by atoms with Gasteiger partial charge < -0.3 is 20.2 Å². The van der Waals surface area contributed by atoms with Crippen LogP contribution in [0.4, 0.5) is 10.1 Å². The Hall–Kier alpha value is -3.30. The molecule has 218 valence electrons. The van der Waals surface area contributed by atoms with Gasteiger partial charge in [0.15, 0.2) is 0 Å². The van der Waals surface area contributed by atoms with Gasteiger partial charge in [0.05, 0.1) is 23.2 Å². The monoisotopic (exact) mass is 601 g/mol. The molecular weight excluding hydrogens is 568 g/mol. The SMILES string of the molecule is C=O.CCN(Cc1ccc(C(=O)OC)cc1)C[C@@H]1CN[C@](C)(c2ccc(Cl)cc2NC=O)C1c1cccc(Cl)c1F. The summed E-state index contributed by atoms with van der Waals surface area (Å²) in [6.07, 6.45) is 0.615. The van der Waals surface area contributed by atoms with Crippen LogP contribution in [0.25, 0.3) is 0 Å². The number of nitrogens with one attached hydrogen (secondary N) is 2. The molecule has 1 heterocycles. The minimum absolute atomic E-state index is 0.0111. The summed E-state index contributed by atoms with van der Waals surface area (Å²) in [6.45, 7) is 8.85. The van der Waals surface area contributed by atoms with E-state index < -0.39 is 11.4 Å². The molecule has 3 aromatic rings. The van der Waals surface area contributed by atoms with Crippen molar-refractivity contribution in [3.8, 4) is 0 Å². The van der Waals surface area contributed by atoms with E-state index in [0.29, 0.717) is 47.9 Å². The molecule has 3 aromatic carbocycles. The molecule has 41 heavy (non-hydrogen) atoms. The first-order valence-corrected chi connectivity index (χ1v) is 13.8. The molecule has 0 bridgehead atoms. The van der Waals surface area contributed by atoms with Crippen LogP contribution in [-0.4, -0.2) is 50.8 Å². The molecule has 4 rings (SSSR count). The van der Waals surface area contributed by atoms with E-state index in [2.05, 4.69) is 22.5 Å². The quantitative estimate of drug-likeness (QED) is 0.217. The molecule has 1 fully saturated rings. The number of hydrogen-bond donors (Lipinski definition) is 2. The number of halogens is 3. The zero-order valence-electron chi connectivity index (χ0n) is 23.3. The predicted octanol–water partition coefficient (Wildman–Crippen LogP) is 6.04. The summed E-state index contributed by atoms with van der Waals surface area (Å²) in [5, 5.41) is 6.97. The van der Waals surface area contributed by atoms with E-state index in [4.69, 9.17) is 32.7 Å². The Bertz CT molecular complexity index is 1360. The smallest absolute Gasteiger partial charge is 0.337 e. The van der Waals surface area contributed by atoms with E-state index in [1.165, 1.54) is 7.11 Å². The molecule has 3 atom stereocenters. The number of rotatable bonds is 10. The molecule has 0 spiro atoms. The molecule has 0 aliphatic carbocycles. The molecule has 1 aliphatic heterocycles. The average molecular weight is 603 g/mol. The summed E-state index contributed by atoms with van der Waals surface area (Å²) < 4.78 is 20.4. The van der Waals surface area contributed by atoms with Crippen molar-refractivity contribution < 1.29 is 23.5 Å². The lowest BCUT2D eigenvalue weighted by Gasteiger charge is -2.37. The third kappa shape index (κ3) is 7.13. The van der Waals surface area contributed by atoms with Gasteiger partial charge in [0.2, 0.25) is 6.41 Å². The molecule has 1 aliphatic rings. The highest BCUT2D eigenvalue weighted by atomic mass is 35.5. The second-order valence-electron chi connectivity index (χ2n) is 9.93. The van der Waals surface area contributed by atoms with Crippen LogP contribution in [0.3, 0.4) is 0 Å². The van der Waals surface area contributed by atoms with E-state index in [1.807, 2.05) is 31.9 Å². The number of ether oxygens (including phenoxy) is 1. The lowest BCUT2D eigenvalue weighted by atomic mass is 9.72. The highest BCUT2D eigenvalue weighted by Gasteiger charge is 2.49. The number of esters is 1. The lowest BCUT2D eigenvalue weighted by molar-refractivity contribution is -0.105. The fraction of sp³-hybridized carbons (Fsp3) is 0.323. The van der Waals surface area contributed by atoms with Gasteiger partial charge in [-0.15, -0.1) is 0 Å². The van der Waals surface area contributed by atoms with E-state index in [0.717, 1.165) is 17.7 Å². The average Bonchev–Trinajstić information content (AvgIpc) is 3.31. The lowest BCUT2D eigenvalue weighted by Crippen LogP contribution is -2.39. The van der Waals surface area contributed by atoms with Crippen LogP contribution in [-0.2, 0) is 26.4 Å². The van der Waals surface area contributed by atoms with Crippen molar-refractivity contribution in [3.63, 3.8) is 0 Å². The van der Waals surface area contributed by atoms with Crippen molar-refractivity contribution in [2.24, 2.45) is 5.92 Å². The minimum Gasteiger partial charge on any atom is -0.465 e. The summed E-state index contributed by atoms with van der Waals surface area (Å²) in [6, 6.07) is 17.8. The predicted molar refractivity (Wildman–Crippen MR) is 160 cm³/mol. The number of hydrogen-bond acceptors (Lipinski definition) is 6. The highest BCUT2D eigenvalue weighted by molar-refractivity contribution is 6.31. The van der Waals surface area contributed by atoms with Crippen molar-refractivity contribution in [1.29, 1.82) is 0 Å². The van der Waals surface area contributed by atoms with Gasteiger partial charge in [-0.25, -0.2) is 9.18 Å². The van der Waals surface area contributed by atoms with Gasteiger partial charge in [0, 0.05) is 36.3 Å². The Morgan fingerprint density at radius 3 is 2.54 bits per heavy atom. The van der Waals surface area contributed by atoms with Gasteiger partial charge >= 0.3 is 5.97 Å². The van der Waals surface area contributed by atoms with Crippen molar-refractivity contribution in [1.82, 2.24) is 10.2 Å². The van der Waals surface area contributed by atoms with Crippen molar-refractivity contribution in [2.75, 3.05) is 32.1 Å². The van der Waals surface area contributed by atoms with Crippen LogP contribution in [0.15, 0.2) is 60.7 Å². The Morgan fingerprint density at radius 2 is 1.90 bits per heavy atom. The third-order valence-electron chi connectivity index (χ3n) is 7.62. The number of carbonyl (C=O) groups excluding carboxylic acids is 3. The van der Waals surface area contributed by atoms with Gasteiger partial charge in [-0.05, 0) is 66.4 Å². The number of carbonyl (C=O) groups is 3. The molecular formula is C31H34Cl2FN3O4. The molecule has 10 heteroatoms. The highest BCUT2D eigenvalue weighted by Crippen LogP contribution is 2.50.